The highest BCUT2D eigenvalue weighted by molar-refractivity contribution is 5.87. The molecule has 0 aliphatic carbocycles. The molecule has 0 aromatic heterocycles. The summed E-state index contributed by atoms with van der Waals surface area (Å²) in [6.07, 6.45) is 3.00. The third-order valence-electron chi connectivity index (χ3n) is 3.47. The Hall–Kier alpha value is -1.85. The summed E-state index contributed by atoms with van der Waals surface area (Å²) in [5.41, 5.74) is 0.850. The molecule has 1 heterocycles. The van der Waals surface area contributed by atoms with Crippen LogP contribution < -0.4 is 4.74 Å². The van der Waals surface area contributed by atoms with Crippen molar-refractivity contribution in [1.29, 1.82) is 0 Å². The van der Waals surface area contributed by atoms with Crippen LogP contribution in [0.5, 0.6) is 5.75 Å². The molecule has 5 heteroatoms. The molecule has 0 bridgehead atoms. The lowest BCUT2D eigenvalue weighted by molar-refractivity contribution is -0.143. The number of hydrogen-bond donors (Lipinski definition) is 0. The number of carbonyl (C=O) groups excluding carboxylic acids is 1. The van der Waals surface area contributed by atoms with E-state index >= 15 is 0 Å². The van der Waals surface area contributed by atoms with Crippen molar-refractivity contribution >= 4 is 12.0 Å². The second-order valence-corrected chi connectivity index (χ2v) is 5.24. The molecule has 1 aliphatic heterocycles. The van der Waals surface area contributed by atoms with Crippen molar-refractivity contribution in [3.8, 4) is 5.75 Å². The minimum atomic E-state index is -0.341. The van der Waals surface area contributed by atoms with Crippen molar-refractivity contribution in [2.75, 3.05) is 40.0 Å². The summed E-state index contributed by atoms with van der Waals surface area (Å²) < 4.78 is 15.9. The summed E-state index contributed by atoms with van der Waals surface area (Å²) in [6.45, 7) is 5.91. The van der Waals surface area contributed by atoms with Crippen LogP contribution in [0.25, 0.3) is 6.08 Å². The molecule has 2 rings (SSSR count). The van der Waals surface area contributed by atoms with Crippen molar-refractivity contribution in [2.45, 2.75) is 13.0 Å². The van der Waals surface area contributed by atoms with Gasteiger partial charge in [-0.1, -0.05) is 18.2 Å². The average Bonchev–Trinajstić information content (AvgIpc) is 2.54. The van der Waals surface area contributed by atoms with Gasteiger partial charge in [-0.15, -0.1) is 0 Å². The Labute approximate surface area is 131 Å². The zero-order valence-electron chi connectivity index (χ0n) is 13.2. The summed E-state index contributed by atoms with van der Waals surface area (Å²) >= 11 is 0. The maximum absolute atomic E-state index is 11.9. The summed E-state index contributed by atoms with van der Waals surface area (Å²) in [5, 5.41) is 0. The topological polar surface area (TPSA) is 48.0 Å². The van der Waals surface area contributed by atoms with Gasteiger partial charge in [0, 0.05) is 31.3 Å². The largest absolute Gasteiger partial charge is 0.496 e. The molecule has 1 atom stereocenters. The van der Waals surface area contributed by atoms with E-state index in [1.54, 1.807) is 13.2 Å². The number of morpholine rings is 1. The lowest BCUT2D eigenvalue weighted by Gasteiger charge is -2.28. The van der Waals surface area contributed by atoms with Gasteiger partial charge in [-0.05, 0) is 19.1 Å². The normalized spacial score (nSPS) is 17.4. The van der Waals surface area contributed by atoms with E-state index in [1.807, 2.05) is 31.2 Å². The van der Waals surface area contributed by atoms with Crippen molar-refractivity contribution < 1.29 is 19.0 Å². The van der Waals surface area contributed by atoms with Crippen LogP contribution in [0.4, 0.5) is 0 Å². The lowest BCUT2D eigenvalue weighted by atomic mass is 10.2. The number of rotatable bonds is 6. The fraction of sp³-hybridized carbons (Fsp3) is 0.471. The Balaban J connectivity index is 1.82. The predicted octanol–water partition coefficient (Wildman–Crippen LogP) is 1.97. The molecule has 1 saturated heterocycles. The van der Waals surface area contributed by atoms with Gasteiger partial charge in [-0.25, -0.2) is 4.79 Å². The van der Waals surface area contributed by atoms with Crippen molar-refractivity contribution in [2.24, 2.45) is 0 Å². The van der Waals surface area contributed by atoms with Crippen LogP contribution in [0.2, 0.25) is 0 Å². The summed E-state index contributed by atoms with van der Waals surface area (Å²) in [5.74, 6) is 0.389. The smallest absolute Gasteiger partial charge is 0.331 e. The van der Waals surface area contributed by atoms with E-state index in [2.05, 4.69) is 4.90 Å². The molecule has 0 spiro atoms. The molecule has 0 radical (unpaired) electrons. The maximum Gasteiger partial charge on any atom is 0.331 e. The van der Waals surface area contributed by atoms with Gasteiger partial charge in [0.1, 0.15) is 11.9 Å². The first-order chi connectivity index (χ1) is 10.7. The molecule has 5 nitrogen and oxygen atoms in total. The summed E-state index contributed by atoms with van der Waals surface area (Å²) in [7, 11) is 1.61. The molecule has 1 aromatic carbocycles. The molecular weight excluding hydrogens is 282 g/mol. The number of methoxy groups -OCH3 is 1. The third-order valence-corrected chi connectivity index (χ3v) is 3.47. The lowest BCUT2D eigenvalue weighted by Crippen LogP contribution is -2.41. The second-order valence-electron chi connectivity index (χ2n) is 5.24. The molecule has 1 unspecified atom stereocenters. The Morgan fingerprint density at radius 2 is 2.09 bits per heavy atom. The second kappa shape index (κ2) is 8.56. The zero-order valence-corrected chi connectivity index (χ0v) is 13.2. The van der Waals surface area contributed by atoms with Gasteiger partial charge in [0.15, 0.2) is 0 Å². The molecule has 0 amide bonds. The Kier molecular flexibility index (Phi) is 6.43. The quantitative estimate of drug-likeness (QED) is 0.594. The SMILES string of the molecule is COc1ccccc1/C=C/C(=O)OC(C)CN1CCOCC1. The van der Waals surface area contributed by atoms with Crippen molar-refractivity contribution in [3.05, 3.63) is 35.9 Å². The number of carbonyl (C=O) groups is 1. The van der Waals surface area contributed by atoms with E-state index in [9.17, 15) is 4.79 Å². The van der Waals surface area contributed by atoms with E-state index in [4.69, 9.17) is 14.2 Å². The number of ether oxygens (including phenoxy) is 3. The monoisotopic (exact) mass is 305 g/mol. The predicted molar refractivity (Wildman–Crippen MR) is 84.8 cm³/mol. The zero-order chi connectivity index (χ0) is 15.8. The number of hydrogen-bond acceptors (Lipinski definition) is 5. The first kappa shape index (κ1) is 16.5. The van der Waals surface area contributed by atoms with E-state index in [0.717, 1.165) is 44.2 Å². The highest BCUT2D eigenvalue weighted by Crippen LogP contribution is 2.18. The van der Waals surface area contributed by atoms with E-state index in [-0.39, 0.29) is 12.1 Å². The number of para-hydroxylation sites is 1. The minimum Gasteiger partial charge on any atom is -0.496 e. The molecule has 1 aliphatic rings. The van der Waals surface area contributed by atoms with Gasteiger partial charge in [-0.3, -0.25) is 4.90 Å². The molecular formula is C17H23NO4. The van der Waals surface area contributed by atoms with Crippen LogP contribution in [0, 0.1) is 0 Å². The number of benzene rings is 1. The highest BCUT2D eigenvalue weighted by atomic mass is 16.5. The molecule has 0 saturated carbocycles. The number of nitrogens with zero attached hydrogens (tertiary/aromatic N) is 1. The Bertz CT molecular complexity index is 509. The molecule has 0 N–H and O–H groups in total. The number of esters is 1. The van der Waals surface area contributed by atoms with Crippen LogP contribution in [0.3, 0.4) is 0 Å². The van der Waals surface area contributed by atoms with Gasteiger partial charge in [-0.2, -0.15) is 0 Å². The molecule has 1 aromatic rings. The van der Waals surface area contributed by atoms with Gasteiger partial charge < -0.3 is 14.2 Å². The minimum absolute atomic E-state index is 0.145. The highest BCUT2D eigenvalue weighted by Gasteiger charge is 2.15. The van der Waals surface area contributed by atoms with E-state index in [0.29, 0.717) is 0 Å². The average molecular weight is 305 g/mol. The van der Waals surface area contributed by atoms with Crippen LogP contribution >= 0.6 is 0 Å². The standard InChI is InChI=1S/C17H23NO4/c1-14(13-18-9-11-21-12-10-18)22-17(19)8-7-15-5-3-4-6-16(15)20-2/h3-8,14H,9-13H2,1-2H3/b8-7+. The Morgan fingerprint density at radius 3 is 2.82 bits per heavy atom. The van der Waals surface area contributed by atoms with Crippen LogP contribution in [0.1, 0.15) is 12.5 Å². The molecule has 120 valence electrons. The molecule has 1 fully saturated rings. The van der Waals surface area contributed by atoms with Crippen molar-refractivity contribution in [1.82, 2.24) is 4.90 Å². The first-order valence-corrected chi connectivity index (χ1v) is 7.51. The van der Waals surface area contributed by atoms with Gasteiger partial charge in [0.25, 0.3) is 0 Å². The summed E-state index contributed by atoms with van der Waals surface area (Å²) in [6, 6.07) is 7.53. The van der Waals surface area contributed by atoms with Crippen molar-refractivity contribution in [3.63, 3.8) is 0 Å². The fourth-order valence-electron chi connectivity index (χ4n) is 2.38. The van der Waals surface area contributed by atoms with Crippen LogP contribution in [-0.2, 0) is 14.3 Å². The van der Waals surface area contributed by atoms with Gasteiger partial charge >= 0.3 is 5.97 Å². The first-order valence-electron chi connectivity index (χ1n) is 7.51. The van der Waals surface area contributed by atoms with Gasteiger partial charge in [0.2, 0.25) is 0 Å². The molecule has 22 heavy (non-hydrogen) atoms. The van der Waals surface area contributed by atoms with E-state index in [1.165, 1.54) is 6.08 Å². The fourth-order valence-corrected chi connectivity index (χ4v) is 2.38. The van der Waals surface area contributed by atoms with Crippen LogP contribution in [-0.4, -0.2) is 56.9 Å². The maximum atomic E-state index is 11.9. The van der Waals surface area contributed by atoms with E-state index < -0.39 is 0 Å². The summed E-state index contributed by atoms with van der Waals surface area (Å²) in [4.78, 5) is 14.1. The van der Waals surface area contributed by atoms with Gasteiger partial charge in [0.05, 0.1) is 20.3 Å². The Morgan fingerprint density at radius 1 is 1.36 bits per heavy atom. The third kappa shape index (κ3) is 5.16. The van der Waals surface area contributed by atoms with Crippen LogP contribution in [0.15, 0.2) is 30.3 Å².